The lowest BCUT2D eigenvalue weighted by Gasteiger charge is -2.21. The molecule has 2 aromatic heterocycles. The lowest BCUT2D eigenvalue weighted by Crippen LogP contribution is -2.38. The summed E-state index contributed by atoms with van der Waals surface area (Å²) in [5.74, 6) is -0.0206. The van der Waals surface area contributed by atoms with E-state index in [1.807, 2.05) is 17.5 Å². The molecule has 6 heteroatoms. The van der Waals surface area contributed by atoms with Gasteiger partial charge in [-0.25, -0.2) is 4.98 Å². The molecule has 1 amide bonds. The van der Waals surface area contributed by atoms with Crippen LogP contribution in [0, 0.1) is 6.92 Å². The van der Waals surface area contributed by atoms with Crippen LogP contribution in [-0.2, 0) is 16.1 Å². The topological polar surface area (TPSA) is 55.6 Å². The van der Waals surface area contributed by atoms with E-state index in [0.717, 1.165) is 29.9 Å². The lowest BCUT2D eigenvalue weighted by molar-refractivity contribution is -0.135. The molecule has 0 aromatic carbocycles. The number of carbonyl (C=O) groups excluding carboxylic acids is 1. The van der Waals surface area contributed by atoms with Crippen LogP contribution in [0.4, 0.5) is 0 Å². The highest BCUT2D eigenvalue weighted by Crippen LogP contribution is 2.16. The van der Waals surface area contributed by atoms with Gasteiger partial charge >= 0.3 is 0 Å². The van der Waals surface area contributed by atoms with Crippen molar-refractivity contribution in [2.24, 2.45) is 0 Å². The average molecular weight is 279 g/mol. The maximum Gasteiger partial charge on any atom is 0.249 e. The van der Waals surface area contributed by atoms with E-state index in [2.05, 4.69) is 15.7 Å². The summed E-state index contributed by atoms with van der Waals surface area (Å²) in [5.41, 5.74) is 2.06. The fourth-order valence-electron chi connectivity index (χ4n) is 2.26. The molecule has 3 heterocycles. The van der Waals surface area contributed by atoms with E-state index in [9.17, 15) is 4.79 Å². The van der Waals surface area contributed by atoms with Gasteiger partial charge in [-0.15, -0.1) is 11.3 Å². The summed E-state index contributed by atoms with van der Waals surface area (Å²) in [6, 6.07) is 0. The summed E-state index contributed by atoms with van der Waals surface area (Å²) < 4.78 is 7.50. The minimum Gasteiger partial charge on any atom is -0.368 e. The largest absolute Gasteiger partial charge is 0.368 e. The molecule has 102 valence electrons. The number of hydrogen-bond donors (Lipinski definition) is 1. The Hall–Kier alpha value is -1.40. The third kappa shape index (κ3) is 2.64. The highest BCUT2D eigenvalue weighted by Gasteiger charge is 2.21. The smallest absolute Gasteiger partial charge is 0.249 e. The molecule has 1 aliphatic rings. The number of carbonyl (C=O) groups is 1. The summed E-state index contributed by atoms with van der Waals surface area (Å²) in [5, 5.41) is 4.97. The summed E-state index contributed by atoms with van der Waals surface area (Å²) in [4.78, 5) is 17.4. The molecule has 1 fully saturated rings. The van der Waals surface area contributed by atoms with Crippen molar-refractivity contribution in [3.05, 3.63) is 23.0 Å². The number of aryl methyl sites for hydroxylation is 1. The van der Waals surface area contributed by atoms with Gasteiger partial charge < -0.3 is 10.1 Å². The third-order valence-electron chi connectivity index (χ3n) is 3.35. The highest BCUT2D eigenvalue weighted by molar-refractivity contribution is 7.15. The van der Waals surface area contributed by atoms with E-state index >= 15 is 0 Å². The van der Waals surface area contributed by atoms with Crippen LogP contribution in [0.1, 0.15) is 30.7 Å². The van der Waals surface area contributed by atoms with Gasteiger partial charge in [0.15, 0.2) is 4.96 Å². The Morgan fingerprint density at radius 1 is 1.63 bits per heavy atom. The van der Waals surface area contributed by atoms with E-state index < -0.39 is 0 Å². The molecule has 19 heavy (non-hydrogen) atoms. The highest BCUT2D eigenvalue weighted by atomic mass is 32.1. The quantitative estimate of drug-likeness (QED) is 0.933. The van der Waals surface area contributed by atoms with Crippen molar-refractivity contribution in [1.29, 1.82) is 0 Å². The Labute approximate surface area is 115 Å². The predicted octanol–water partition coefficient (Wildman–Crippen LogP) is 1.89. The number of nitrogens with zero attached hydrogens (tertiary/aromatic N) is 2. The fraction of sp³-hybridized carbons (Fsp3) is 0.538. The molecule has 0 radical (unpaired) electrons. The molecular weight excluding hydrogens is 262 g/mol. The van der Waals surface area contributed by atoms with E-state index in [1.165, 1.54) is 5.69 Å². The van der Waals surface area contributed by atoms with E-state index in [1.54, 1.807) is 11.3 Å². The number of amides is 1. The number of hydrogen-bond acceptors (Lipinski definition) is 4. The Balaban J connectivity index is 1.60. The molecule has 0 saturated carbocycles. The molecule has 0 unspecified atom stereocenters. The summed E-state index contributed by atoms with van der Waals surface area (Å²) in [7, 11) is 0. The van der Waals surface area contributed by atoms with E-state index in [0.29, 0.717) is 13.2 Å². The van der Waals surface area contributed by atoms with Gasteiger partial charge in [0, 0.05) is 23.9 Å². The van der Waals surface area contributed by atoms with E-state index in [-0.39, 0.29) is 12.0 Å². The Kier molecular flexibility index (Phi) is 3.52. The number of aromatic nitrogens is 2. The monoisotopic (exact) mass is 279 g/mol. The van der Waals surface area contributed by atoms with Crippen LogP contribution in [-0.4, -0.2) is 28.0 Å². The minimum atomic E-state index is -0.279. The number of imidazole rings is 1. The van der Waals surface area contributed by atoms with Gasteiger partial charge in [0.05, 0.1) is 12.2 Å². The van der Waals surface area contributed by atoms with Crippen LogP contribution in [0.25, 0.3) is 4.96 Å². The molecule has 1 aliphatic heterocycles. The third-order valence-corrected chi connectivity index (χ3v) is 4.31. The number of nitrogens with one attached hydrogen (secondary N) is 1. The first kappa shape index (κ1) is 12.6. The standard InChI is InChI=1S/C13H17N3O2S/c1-9-8-19-13-15-10(7-16(9)13)6-14-12(17)11-4-2-3-5-18-11/h7-8,11H,2-6H2,1H3,(H,14,17)/t11-/m0/s1. The van der Waals surface area contributed by atoms with Crippen molar-refractivity contribution >= 4 is 22.2 Å². The Bertz CT molecular complexity index is 584. The molecule has 1 saturated heterocycles. The van der Waals surface area contributed by atoms with Crippen molar-refractivity contribution < 1.29 is 9.53 Å². The molecule has 3 rings (SSSR count). The number of ether oxygens (including phenoxy) is 1. The van der Waals surface area contributed by atoms with Gasteiger partial charge in [-0.3, -0.25) is 9.20 Å². The lowest BCUT2D eigenvalue weighted by atomic mass is 10.1. The SMILES string of the molecule is Cc1csc2nc(CNC(=O)[C@@H]3CCCCO3)cn12. The van der Waals surface area contributed by atoms with E-state index in [4.69, 9.17) is 4.74 Å². The van der Waals surface area contributed by atoms with Crippen LogP contribution in [0.2, 0.25) is 0 Å². The second-order valence-corrected chi connectivity index (χ2v) is 5.67. The number of rotatable bonds is 3. The summed E-state index contributed by atoms with van der Waals surface area (Å²) >= 11 is 1.61. The van der Waals surface area contributed by atoms with Gasteiger partial charge in [0.2, 0.25) is 5.91 Å². The first-order valence-electron chi connectivity index (χ1n) is 6.55. The van der Waals surface area contributed by atoms with Crippen molar-refractivity contribution in [2.45, 2.75) is 38.8 Å². The fourth-order valence-corrected chi connectivity index (χ4v) is 3.13. The van der Waals surface area contributed by atoms with Crippen LogP contribution in [0.5, 0.6) is 0 Å². The number of thiazole rings is 1. The first-order valence-corrected chi connectivity index (χ1v) is 7.43. The zero-order valence-electron chi connectivity index (χ0n) is 10.9. The van der Waals surface area contributed by atoms with Crippen molar-refractivity contribution in [2.75, 3.05) is 6.61 Å². The van der Waals surface area contributed by atoms with Gasteiger partial charge in [0.1, 0.15) is 6.10 Å². The minimum absolute atomic E-state index is 0.0206. The second kappa shape index (κ2) is 5.30. The van der Waals surface area contributed by atoms with Crippen LogP contribution >= 0.6 is 11.3 Å². The Morgan fingerprint density at radius 2 is 2.53 bits per heavy atom. The van der Waals surface area contributed by atoms with Crippen LogP contribution < -0.4 is 5.32 Å². The van der Waals surface area contributed by atoms with Crippen molar-refractivity contribution in [3.8, 4) is 0 Å². The maximum absolute atomic E-state index is 11.9. The second-order valence-electron chi connectivity index (χ2n) is 4.83. The van der Waals surface area contributed by atoms with Gasteiger partial charge in [-0.1, -0.05) is 0 Å². The molecule has 5 nitrogen and oxygen atoms in total. The van der Waals surface area contributed by atoms with Gasteiger partial charge in [-0.2, -0.15) is 0 Å². The van der Waals surface area contributed by atoms with Crippen LogP contribution in [0.3, 0.4) is 0 Å². The van der Waals surface area contributed by atoms with Gasteiger partial charge in [-0.05, 0) is 26.2 Å². The summed E-state index contributed by atoms with van der Waals surface area (Å²) in [6.07, 6.45) is 4.64. The molecule has 0 aliphatic carbocycles. The molecule has 2 aromatic rings. The summed E-state index contributed by atoms with van der Waals surface area (Å²) in [6.45, 7) is 3.20. The maximum atomic E-state index is 11.9. The van der Waals surface area contributed by atoms with Crippen LogP contribution in [0.15, 0.2) is 11.6 Å². The van der Waals surface area contributed by atoms with Gasteiger partial charge in [0.25, 0.3) is 0 Å². The predicted molar refractivity (Wildman–Crippen MR) is 73.2 cm³/mol. The molecule has 1 atom stereocenters. The molecule has 1 N–H and O–H groups in total. The zero-order valence-corrected chi connectivity index (χ0v) is 11.7. The molecule has 0 spiro atoms. The van der Waals surface area contributed by atoms with Crippen molar-refractivity contribution in [3.63, 3.8) is 0 Å². The van der Waals surface area contributed by atoms with Crippen molar-refractivity contribution in [1.82, 2.24) is 14.7 Å². The molecular formula is C13H17N3O2S. The Morgan fingerprint density at radius 3 is 3.26 bits per heavy atom. The average Bonchev–Trinajstić information content (AvgIpc) is 2.99. The zero-order chi connectivity index (χ0) is 13.2. The number of fused-ring (bicyclic) bond motifs is 1. The normalized spacial score (nSPS) is 19.7. The first-order chi connectivity index (χ1) is 9.24. The molecule has 0 bridgehead atoms.